The van der Waals surface area contributed by atoms with Crippen LogP contribution in [0, 0.1) is 0 Å². The van der Waals surface area contributed by atoms with Crippen molar-refractivity contribution < 1.29 is 14.3 Å². The van der Waals surface area contributed by atoms with Crippen LogP contribution in [-0.2, 0) is 4.79 Å². The Hall–Kier alpha value is -2.28. The molecule has 0 aliphatic carbocycles. The van der Waals surface area contributed by atoms with Crippen molar-refractivity contribution in [3.05, 3.63) is 72.8 Å². The second kappa shape index (κ2) is 11.0. The molecule has 0 heterocycles. The van der Waals surface area contributed by atoms with Crippen LogP contribution in [0.4, 0.5) is 5.69 Å². The number of benzene rings is 3. The molecule has 0 saturated carbocycles. The van der Waals surface area contributed by atoms with Gasteiger partial charge in [-0.25, -0.2) is 0 Å². The summed E-state index contributed by atoms with van der Waals surface area (Å²) in [6.07, 6.45) is 0. The van der Waals surface area contributed by atoms with Crippen LogP contribution in [0.2, 0.25) is 0 Å². The van der Waals surface area contributed by atoms with Gasteiger partial charge in [0.15, 0.2) is 11.5 Å². The van der Waals surface area contributed by atoms with Crippen LogP contribution in [0.3, 0.4) is 0 Å². The molecule has 29 heavy (non-hydrogen) atoms. The van der Waals surface area contributed by atoms with Crippen LogP contribution in [0.25, 0.3) is 0 Å². The molecule has 0 spiro atoms. The lowest BCUT2D eigenvalue weighted by Gasteiger charge is -2.16. The number of rotatable bonds is 9. The quantitative estimate of drug-likeness (QED) is 0.243. The summed E-state index contributed by atoms with van der Waals surface area (Å²) < 4.78 is 11.5. The molecule has 0 aliphatic rings. The van der Waals surface area contributed by atoms with Crippen LogP contribution in [0.5, 0.6) is 11.5 Å². The molecule has 0 fully saturated rings. The van der Waals surface area contributed by atoms with Crippen LogP contribution >= 0.6 is 35.1 Å². The van der Waals surface area contributed by atoms with Gasteiger partial charge in [0.25, 0.3) is 0 Å². The fourth-order valence-corrected chi connectivity index (χ4v) is 4.14. The molecule has 7 heteroatoms. The third-order valence-corrected chi connectivity index (χ3v) is 5.97. The number of thioether (sulfide) groups is 1. The molecule has 1 N–H and O–H groups in total. The van der Waals surface area contributed by atoms with Crippen molar-refractivity contribution in [2.45, 2.75) is 14.7 Å². The average Bonchev–Trinajstić information content (AvgIpc) is 2.76. The Kier molecular flexibility index (Phi) is 8.16. The monoisotopic (exact) mass is 445 g/mol. The standard InChI is InChI=1S/C22H20ClNO3S2/c1-26-19-13-21(29-17-10-6-3-7-11-17)18(24-22(25)14-23)12-20(19)27-15-28-16-8-4-2-5-9-16/h2-13H,14-15H2,1H3,(H,24,25). The Bertz CT molecular complexity index is 940. The molecule has 3 aromatic carbocycles. The molecule has 0 aliphatic heterocycles. The van der Waals surface area contributed by atoms with E-state index in [1.807, 2.05) is 66.7 Å². The molecule has 0 saturated heterocycles. The number of alkyl halides is 1. The minimum Gasteiger partial charge on any atom is -0.493 e. The van der Waals surface area contributed by atoms with E-state index in [-0.39, 0.29) is 11.8 Å². The van der Waals surface area contributed by atoms with Gasteiger partial charge in [0, 0.05) is 26.8 Å². The zero-order valence-electron chi connectivity index (χ0n) is 15.8. The molecular formula is C22H20ClNO3S2. The van der Waals surface area contributed by atoms with Crippen LogP contribution < -0.4 is 14.8 Å². The summed E-state index contributed by atoms with van der Waals surface area (Å²) in [6, 6.07) is 23.5. The molecular weight excluding hydrogens is 426 g/mol. The maximum atomic E-state index is 11.9. The van der Waals surface area contributed by atoms with Gasteiger partial charge >= 0.3 is 0 Å². The smallest absolute Gasteiger partial charge is 0.239 e. The molecule has 0 aromatic heterocycles. The first-order chi connectivity index (χ1) is 14.2. The highest BCUT2D eigenvalue weighted by atomic mass is 35.5. The van der Waals surface area contributed by atoms with E-state index in [9.17, 15) is 4.79 Å². The summed E-state index contributed by atoms with van der Waals surface area (Å²) in [4.78, 5) is 14.9. The Morgan fingerprint density at radius 3 is 2.24 bits per heavy atom. The van der Waals surface area contributed by atoms with Crippen molar-refractivity contribution in [3.63, 3.8) is 0 Å². The second-order valence-corrected chi connectivity index (χ2v) is 8.19. The zero-order valence-corrected chi connectivity index (χ0v) is 18.2. The number of anilines is 1. The third kappa shape index (κ3) is 6.35. The largest absolute Gasteiger partial charge is 0.493 e. The highest BCUT2D eigenvalue weighted by molar-refractivity contribution is 7.99. The first kappa shape index (κ1) is 21.4. The summed E-state index contributed by atoms with van der Waals surface area (Å²) >= 11 is 8.79. The maximum absolute atomic E-state index is 11.9. The van der Waals surface area contributed by atoms with E-state index < -0.39 is 0 Å². The lowest BCUT2D eigenvalue weighted by Crippen LogP contribution is -2.13. The Morgan fingerprint density at radius 2 is 1.62 bits per heavy atom. The first-order valence-electron chi connectivity index (χ1n) is 8.81. The van der Waals surface area contributed by atoms with Crippen molar-refractivity contribution >= 4 is 46.7 Å². The summed E-state index contributed by atoms with van der Waals surface area (Å²) in [7, 11) is 1.60. The van der Waals surface area contributed by atoms with Crippen molar-refractivity contribution in [2.24, 2.45) is 0 Å². The Labute approximate surface area is 183 Å². The predicted molar refractivity (Wildman–Crippen MR) is 121 cm³/mol. The fourth-order valence-electron chi connectivity index (χ4n) is 2.47. The number of carbonyl (C=O) groups is 1. The predicted octanol–water partition coefficient (Wildman–Crippen LogP) is 6.15. The van der Waals surface area contributed by atoms with Crippen LogP contribution in [0.1, 0.15) is 0 Å². The van der Waals surface area contributed by atoms with Gasteiger partial charge in [0.2, 0.25) is 5.91 Å². The molecule has 3 aromatic rings. The maximum Gasteiger partial charge on any atom is 0.239 e. The zero-order chi connectivity index (χ0) is 20.5. The summed E-state index contributed by atoms with van der Waals surface area (Å²) in [5, 5.41) is 2.85. The van der Waals surface area contributed by atoms with Gasteiger partial charge < -0.3 is 14.8 Å². The number of hydrogen-bond donors (Lipinski definition) is 1. The minimum atomic E-state index is -0.281. The lowest BCUT2D eigenvalue weighted by atomic mass is 10.2. The summed E-state index contributed by atoms with van der Waals surface area (Å²) in [6.45, 7) is 0. The Morgan fingerprint density at radius 1 is 0.966 bits per heavy atom. The highest BCUT2D eigenvalue weighted by Crippen LogP contribution is 2.41. The normalized spacial score (nSPS) is 10.4. The molecule has 0 bridgehead atoms. The number of amides is 1. The van der Waals surface area contributed by atoms with Gasteiger partial charge in [-0.15, -0.1) is 11.6 Å². The van der Waals surface area contributed by atoms with Crippen molar-refractivity contribution in [1.82, 2.24) is 0 Å². The minimum absolute atomic E-state index is 0.123. The van der Waals surface area contributed by atoms with Crippen LogP contribution in [-0.4, -0.2) is 24.8 Å². The fraction of sp³-hybridized carbons (Fsp3) is 0.136. The van der Waals surface area contributed by atoms with Gasteiger partial charge in [0.05, 0.1) is 12.8 Å². The summed E-state index contributed by atoms with van der Waals surface area (Å²) in [5.74, 6) is 1.16. The van der Waals surface area contributed by atoms with Gasteiger partial charge in [-0.05, 0) is 24.3 Å². The van der Waals surface area contributed by atoms with E-state index in [1.165, 1.54) is 11.8 Å². The number of halogens is 1. The van der Waals surface area contributed by atoms with Crippen molar-refractivity contribution in [2.75, 3.05) is 24.2 Å². The number of hydrogen-bond acceptors (Lipinski definition) is 5. The third-order valence-electron chi connectivity index (χ3n) is 3.82. The van der Waals surface area contributed by atoms with E-state index >= 15 is 0 Å². The van der Waals surface area contributed by atoms with E-state index in [4.69, 9.17) is 21.1 Å². The molecule has 1 amide bonds. The molecule has 0 unspecified atom stereocenters. The number of nitrogens with one attached hydrogen (secondary N) is 1. The Balaban J connectivity index is 1.83. The highest BCUT2D eigenvalue weighted by Gasteiger charge is 2.15. The van der Waals surface area contributed by atoms with Gasteiger partial charge in [-0.1, -0.05) is 59.9 Å². The lowest BCUT2D eigenvalue weighted by molar-refractivity contribution is -0.113. The van der Waals surface area contributed by atoms with Gasteiger partial charge in [-0.2, -0.15) is 0 Å². The van der Waals surface area contributed by atoms with Crippen molar-refractivity contribution in [3.8, 4) is 11.5 Å². The molecule has 4 nitrogen and oxygen atoms in total. The van der Waals surface area contributed by atoms with Crippen molar-refractivity contribution in [1.29, 1.82) is 0 Å². The number of carbonyl (C=O) groups excluding carboxylic acids is 1. The van der Waals surface area contributed by atoms with Gasteiger partial charge in [0.1, 0.15) is 11.8 Å². The van der Waals surface area contributed by atoms with Gasteiger partial charge in [-0.3, -0.25) is 4.79 Å². The van der Waals surface area contributed by atoms with E-state index in [0.29, 0.717) is 23.1 Å². The SMILES string of the molecule is COc1cc(Sc2ccccc2)c(NC(=O)CCl)cc1OCSc1ccccc1. The summed E-state index contributed by atoms with van der Waals surface area (Å²) in [5.41, 5.74) is 0.630. The first-order valence-corrected chi connectivity index (χ1v) is 11.1. The van der Waals surface area contributed by atoms with Crippen LogP contribution in [0.15, 0.2) is 87.5 Å². The number of ether oxygens (including phenoxy) is 2. The van der Waals surface area contributed by atoms with E-state index in [1.54, 1.807) is 24.9 Å². The second-order valence-electron chi connectivity index (χ2n) is 5.82. The molecule has 150 valence electrons. The number of methoxy groups -OCH3 is 1. The average molecular weight is 446 g/mol. The van der Waals surface area contributed by atoms with E-state index in [0.717, 1.165) is 14.7 Å². The van der Waals surface area contributed by atoms with E-state index in [2.05, 4.69) is 5.32 Å². The molecule has 0 radical (unpaired) electrons. The topological polar surface area (TPSA) is 47.6 Å². The molecule has 0 atom stereocenters. The molecule has 3 rings (SSSR count).